The molecule has 1 heterocycles. The molecule has 8 heteroatoms. The first kappa shape index (κ1) is 12.1. The van der Waals surface area contributed by atoms with Gasteiger partial charge in [-0.05, 0) is 12.1 Å². The van der Waals surface area contributed by atoms with Crippen LogP contribution in [-0.2, 0) is 22.0 Å². The summed E-state index contributed by atoms with van der Waals surface area (Å²) in [5, 5.41) is 8.86. The lowest BCUT2D eigenvalue weighted by molar-refractivity contribution is -0.501. The van der Waals surface area contributed by atoms with Gasteiger partial charge >= 0.3 is 5.37 Å². The Hall–Kier alpha value is -0.990. The highest BCUT2D eigenvalue weighted by atomic mass is 32.2. The third-order valence-corrected chi connectivity index (χ3v) is 3.77. The molecule has 1 aromatic heterocycles. The highest BCUT2D eigenvalue weighted by Crippen LogP contribution is 2.26. The van der Waals surface area contributed by atoms with Crippen molar-refractivity contribution >= 4 is 22.0 Å². The number of thiophene rings is 1. The third-order valence-electron chi connectivity index (χ3n) is 1.62. The Kier molecular flexibility index (Phi) is 4.18. The quantitative estimate of drug-likeness (QED) is 0.475. The molecule has 1 atom stereocenters. The van der Waals surface area contributed by atoms with Crippen molar-refractivity contribution in [2.24, 2.45) is 0 Å². The average Bonchev–Trinajstić information content (AvgIpc) is 2.52. The fourth-order valence-electron chi connectivity index (χ4n) is 1.04. The van der Waals surface area contributed by atoms with Crippen molar-refractivity contribution < 1.29 is 18.1 Å². The van der Waals surface area contributed by atoms with E-state index >= 15 is 0 Å². The van der Waals surface area contributed by atoms with Crippen molar-refractivity contribution in [2.75, 3.05) is 7.11 Å². The van der Waals surface area contributed by atoms with E-state index in [0.717, 1.165) is 16.2 Å². The van der Waals surface area contributed by atoms with Crippen LogP contribution in [0.3, 0.4) is 0 Å². The highest BCUT2D eigenvalue weighted by Gasteiger charge is 2.27. The number of hydrogen-bond donors (Lipinski definition) is 1. The van der Waals surface area contributed by atoms with E-state index in [-0.39, 0.29) is 4.88 Å². The first-order valence-corrected chi connectivity index (χ1v) is 5.97. The molecule has 0 saturated heterocycles. The van der Waals surface area contributed by atoms with Crippen molar-refractivity contribution in [2.45, 2.75) is 12.0 Å². The van der Waals surface area contributed by atoms with Crippen molar-refractivity contribution in [3.05, 3.63) is 32.0 Å². The van der Waals surface area contributed by atoms with Crippen LogP contribution in [0.15, 0.2) is 12.1 Å². The van der Waals surface area contributed by atoms with Crippen LogP contribution in [0.4, 0.5) is 0 Å². The maximum atomic E-state index is 10.7. The van der Waals surface area contributed by atoms with E-state index in [4.69, 9.17) is 4.74 Å². The van der Waals surface area contributed by atoms with Crippen LogP contribution in [-0.4, -0.2) is 20.5 Å². The summed E-state index contributed by atoms with van der Waals surface area (Å²) in [6, 6.07) is 3.07. The predicted molar refractivity (Wildman–Crippen MR) is 55.1 cm³/mol. The summed E-state index contributed by atoms with van der Waals surface area (Å²) < 4.78 is 26.2. The van der Waals surface area contributed by atoms with E-state index in [9.17, 15) is 18.5 Å². The molecule has 0 aliphatic carbocycles. The van der Waals surface area contributed by atoms with Crippen molar-refractivity contribution in [1.29, 1.82) is 0 Å². The lowest BCUT2D eigenvalue weighted by Crippen LogP contribution is -2.10. The molecule has 0 radical (unpaired) electrons. The number of nitro groups is 1. The van der Waals surface area contributed by atoms with E-state index in [2.05, 4.69) is 0 Å². The van der Waals surface area contributed by atoms with Crippen molar-refractivity contribution in [3.8, 4) is 0 Å². The number of nitrogens with zero attached hydrogens (tertiary/aromatic N) is 1. The van der Waals surface area contributed by atoms with Gasteiger partial charge in [0.1, 0.15) is 0 Å². The van der Waals surface area contributed by atoms with E-state index in [1.807, 2.05) is 0 Å². The number of rotatable bonds is 5. The van der Waals surface area contributed by atoms with Gasteiger partial charge in [-0.3, -0.25) is 10.1 Å². The Balaban J connectivity index is 2.97. The largest absolute Gasteiger partial charge is 0.379 e. The topological polar surface area (TPSA) is 86.5 Å². The van der Waals surface area contributed by atoms with Gasteiger partial charge < -0.3 is 4.74 Å². The van der Waals surface area contributed by atoms with Gasteiger partial charge in [-0.15, -0.1) is 11.3 Å². The molecule has 0 aliphatic heterocycles. The van der Waals surface area contributed by atoms with Gasteiger partial charge in [-0.2, -0.15) is 0 Å². The van der Waals surface area contributed by atoms with E-state index in [1.54, 1.807) is 6.07 Å². The van der Waals surface area contributed by atoms with Gasteiger partial charge in [0.15, 0.2) is 0 Å². The molecule has 0 aromatic carbocycles. The Morgan fingerprint density at radius 1 is 1.60 bits per heavy atom. The molecule has 0 amide bonds. The molecule has 0 fully saturated rings. The Bertz CT molecular complexity index is 417. The molecule has 0 bridgehead atoms. The molecular formula is C7H9NO5S2. The van der Waals surface area contributed by atoms with Gasteiger partial charge in [0.25, 0.3) is 0 Å². The molecule has 0 aliphatic rings. The van der Waals surface area contributed by atoms with Gasteiger partial charge in [-0.25, -0.2) is 8.42 Å². The van der Waals surface area contributed by atoms with Crippen LogP contribution in [0, 0.1) is 10.1 Å². The van der Waals surface area contributed by atoms with Crippen LogP contribution >= 0.6 is 11.3 Å². The van der Waals surface area contributed by atoms with Gasteiger partial charge in [-0.1, -0.05) is 0 Å². The van der Waals surface area contributed by atoms with Crippen molar-refractivity contribution in [1.82, 2.24) is 0 Å². The summed E-state index contributed by atoms with van der Waals surface area (Å²) in [6.07, 6.45) is 0. The zero-order valence-electron chi connectivity index (χ0n) is 7.78. The minimum absolute atomic E-state index is 0.211. The SMILES string of the molecule is COCc1ccc(C([N+](=O)[O-])[SH](=O)=O)s1. The standard InChI is InChI=1S/C7H9NO5S2/c1-13-4-5-2-3-6(14-5)7(8(9)10)15(11)12/h2-3,7,15H,4H2,1H3. The lowest BCUT2D eigenvalue weighted by atomic mass is 10.4. The average molecular weight is 251 g/mol. The fourth-order valence-corrected chi connectivity index (χ4v) is 2.85. The molecule has 0 spiro atoms. The van der Waals surface area contributed by atoms with Crippen LogP contribution in [0.25, 0.3) is 0 Å². The Labute approximate surface area is 91.6 Å². The first-order valence-electron chi connectivity index (χ1n) is 3.90. The summed E-state index contributed by atoms with van der Waals surface area (Å²) >= 11 is 1.07. The van der Waals surface area contributed by atoms with Gasteiger partial charge in [0, 0.05) is 16.9 Å². The van der Waals surface area contributed by atoms with Gasteiger partial charge in [0.05, 0.1) is 11.5 Å². The number of hydrogen-bond acceptors (Lipinski definition) is 6. The summed E-state index contributed by atoms with van der Waals surface area (Å²) in [5.41, 5.74) is 0. The second kappa shape index (κ2) is 5.19. The lowest BCUT2D eigenvalue weighted by Gasteiger charge is -1.98. The number of methoxy groups -OCH3 is 1. The molecule has 6 nitrogen and oxygen atoms in total. The Morgan fingerprint density at radius 2 is 2.27 bits per heavy atom. The summed E-state index contributed by atoms with van der Waals surface area (Å²) in [4.78, 5) is 10.7. The summed E-state index contributed by atoms with van der Waals surface area (Å²) in [5.74, 6) is 0. The predicted octanol–water partition coefficient (Wildman–Crippen LogP) is 0.781. The molecule has 0 saturated carbocycles. The van der Waals surface area contributed by atoms with E-state index < -0.39 is 21.0 Å². The van der Waals surface area contributed by atoms with Crippen molar-refractivity contribution in [3.63, 3.8) is 0 Å². The second-order valence-electron chi connectivity index (χ2n) is 2.68. The Morgan fingerprint density at radius 3 is 2.73 bits per heavy atom. The zero-order valence-corrected chi connectivity index (χ0v) is 9.49. The normalized spacial score (nSPS) is 12.9. The fraction of sp³-hybridized carbons (Fsp3) is 0.429. The van der Waals surface area contributed by atoms with Crippen LogP contribution in [0.2, 0.25) is 0 Å². The number of thiol groups is 1. The second-order valence-corrected chi connectivity index (χ2v) is 4.94. The minimum Gasteiger partial charge on any atom is -0.379 e. The molecule has 1 unspecified atom stereocenters. The third kappa shape index (κ3) is 2.98. The maximum Gasteiger partial charge on any atom is 0.341 e. The molecule has 1 rings (SSSR count). The van der Waals surface area contributed by atoms with Gasteiger partial charge in [0.2, 0.25) is 10.7 Å². The minimum atomic E-state index is -3.11. The molecular weight excluding hydrogens is 242 g/mol. The maximum absolute atomic E-state index is 10.7. The molecule has 84 valence electrons. The van der Waals surface area contributed by atoms with Crippen LogP contribution < -0.4 is 0 Å². The molecule has 15 heavy (non-hydrogen) atoms. The zero-order chi connectivity index (χ0) is 11.4. The van der Waals surface area contributed by atoms with Crippen LogP contribution in [0.1, 0.15) is 15.1 Å². The molecule has 0 N–H and O–H groups in total. The van der Waals surface area contributed by atoms with E-state index in [0.29, 0.717) is 6.61 Å². The highest BCUT2D eigenvalue weighted by molar-refractivity contribution is 7.72. The van der Waals surface area contributed by atoms with Crippen LogP contribution in [0.5, 0.6) is 0 Å². The first-order chi connectivity index (χ1) is 7.06. The number of ether oxygens (including phenoxy) is 1. The monoisotopic (exact) mass is 251 g/mol. The summed E-state index contributed by atoms with van der Waals surface area (Å²) in [7, 11) is -1.61. The smallest absolute Gasteiger partial charge is 0.341 e. The van der Waals surface area contributed by atoms with E-state index in [1.165, 1.54) is 13.2 Å². The summed E-state index contributed by atoms with van der Waals surface area (Å²) in [6.45, 7) is 0.324. The molecule has 1 aromatic rings.